The van der Waals surface area contributed by atoms with Crippen LogP contribution in [0.5, 0.6) is 0 Å². The summed E-state index contributed by atoms with van der Waals surface area (Å²) >= 11 is 1.33. The second kappa shape index (κ2) is 9.49. The van der Waals surface area contributed by atoms with Gasteiger partial charge in [-0.3, -0.25) is 9.59 Å². The van der Waals surface area contributed by atoms with Gasteiger partial charge < -0.3 is 23.4 Å². The first kappa shape index (κ1) is 18.6. The number of nitrogens with zero attached hydrogens (tertiary/aromatic N) is 2. The van der Waals surface area contributed by atoms with Crippen molar-refractivity contribution in [3.8, 4) is 0 Å². The van der Waals surface area contributed by atoms with E-state index >= 15 is 0 Å². The highest BCUT2D eigenvalue weighted by Gasteiger charge is 2.20. The maximum Gasteiger partial charge on any atom is 0.233 e. The number of morpholine rings is 1. The van der Waals surface area contributed by atoms with E-state index in [4.69, 9.17) is 13.6 Å². The summed E-state index contributed by atoms with van der Waals surface area (Å²) in [5.74, 6) is 1.93. The first-order chi connectivity index (χ1) is 12.7. The van der Waals surface area contributed by atoms with Crippen LogP contribution in [0.25, 0.3) is 0 Å². The van der Waals surface area contributed by atoms with Gasteiger partial charge in [0.1, 0.15) is 11.5 Å². The molecule has 0 aliphatic carbocycles. The number of carbonyl (C=O) groups is 2. The number of amides is 2. The summed E-state index contributed by atoms with van der Waals surface area (Å²) in [6, 6.07) is 7.25. The largest absolute Gasteiger partial charge is 0.467 e. The van der Waals surface area contributed by atoms with Crippen molar-refractivity contribution >= 4 is 23.6 Å². The molecular weight excluding hydrogens is 356 g/mol. The maximum atomic E-state index is 12.6. The monoisotopic (exact) mass is 378 g/mol. The average molecular weight is 378 g/mol. The van der Waals surface area contributed by atoms with Crippen LogP contribution in [0, 0.1) is 0 Å². The number of thioether (sulfide) groups is 1. The molecule has 0 aromatic carbocycles. The zero-order valence-corrected chi connectivity index (χ0v) is 15.3. The lowest BCUT2D eigenvalue weighted by atomic mass is 10.3. The molecule has 0 atom stereocenters. The van der Waals surface area contributed by atoms with Crippen molar-refractivity contribution in [2.24, 2.45) is 0 Å². The molecular formula is C18H22N2O5S. The van der Waals surface area contributed by atoms with Gasteiger partial charge in [-0.15, -0.1) is 11.8 Å². The molecule has 1 aliphatic heterocycles. The maximum absolute atomic E-state index is 12.6. The second-order valence-electron chi connectivity index (χ2n) is 5.89. The van der Waals surface area contributed by atoms with Crippen LogP contribution in [0.1, 0.15) is 11.5 Å². The lowest BCUT2D eigenvalue weighted by Crippen LogP contribution is -2.41. The van der Waals surface area contributed by atoms with Crippen LogP contribution in [0.2, 0.25) is 0 Å². The molecule has 0 bridgehead atoms. The molecule has 0 N–H and O–H groups in total. The summed E-state index contributed by atoms with van der Waals surface area (Å²) < 4.78 is 15.9. The Bertz CT molecular complexity index is 644. The Balaban J connectivity index is 1.50. The molecule has 0 spiro atoms. The minimum absolute atomic E-state index is 0.0507. The van der Waals surface area contributed by atoms with E-state index < -0.39 is 0 Å². The van der Waals surface area contributed by atoms with Crippen LogP contribution in [0.15, 0.2) is 45.6 Å². The minimum atomic E-state index is -0.0578. The smallest absolute Gasteiger partial charge is 0.233 e. The van der Waals surface area contributed by atoms with E-state index in [-0.39, 0.29) is 17.6 Å². The topological polar surface area (TPSA) is 76.1 Å². The molecule has 26 heavy (non-hydrogen) atoms. The molecule has 2 aromatic heterocycles. The SMILES string of the molecule is O=C(CSCC(=O)N(Cc1ccco1)Cc1ccco1)N1CCOCC1. The number of ether oxygens (including phenoxy) is 1. The molecule has 0 saturated carbocycles. The first-order valence-electron chi connectivity index (χ1n) is 8.48. The molecule has 0 radical (unpaired) electrons. The van der Waals surface area contributed by atoms with Gasteiger partial charge in [0.05, 0.1) is 50.3 Å². The second-order valence-corrected chi connectivity index (χ2v) is 6.88. The Labute approximate surface area is 156 Å². The molecule has 1 fully saturated rings. The lowest BCUT2D eigenvalue weighted by molar-refractivity contribution is -0.132. The van der Waals surface area contributed by atoms with E-state index in [1.165, 1.54) is 11.8 Å². The van der Waals surface area contributed by atoms with Gasteiger partial charge in [0.15, 0.2) is 0 Å². The van der Waals surface area contributed by atoms with Crippen LogP contribution in [0.3, 0.4) is 0 Å². The van der Waals surface area contributed by atoms with Gasteiger partial charge in [0.2, 0.25) is 11.8 Å². The summed E-state index contributed by atoms with van der Waals surface area (Å²) in [5.41, 5.74) is 0. The third-order valence-electron chi connectivity index (χ3n) is 4.02. The van der Waals surface area contributed by atoms with Crippen molar-refractivity contribution in [3.05, 3.63) is 48.3 Å². The average Bonchev–Trinajstić information content (AvgIpc) is 3.36. The number of furan rings is 2. The Morgan fingerprint density at radius 3 is 2.15 bits per heavy atom. The molecule has 1 saturated heterocycles. The summed E-state index contributed by atoms with van der Waals surface area (Å²) in [5, 5.41) is 0. The zero-order chi connectivity index (χ0) is 18.2. The van der Waals surface area contributed by atoms with Gasteiger partial charge in [-0.25, -0.2) is 0 Å². The highest BCUT2D eigenvalue weighted by atomic mass is 32.2. The Hall–Kier alpha value is -2.19. The van der Waals surface area contributed by atoms with Crippen molar-refractivity contribution in [2.45, 2.75) is 13.1 Å². The predicted molar refractivity (Wildman–Crippen MR) is 96.4 cm³/mol. The van der Waals surface area contributed by atoms with Crippen LogP contribution >= 0.6 is 11.8 Å². The molecule has 0 unspecified atom stereocenters. The van der Waals surface area contributed by atoms with Crippen LogP contribution in [0.4, 0.5) is 0 Å². The molecule has 8 heteroatoms. The van der Waals surface area contributed by atoms with Crippen molar-refractivity contribution in [3.63, 3.8) is 0 Å². The van der Waals surface area contributed by atoms with Gasteiger partial charge in [0, 0.05) is 13.1 Å². The summed E-state index contributed by atoms with van der Waals surface area (Å²) in [6.45, 7) is 3.13. The molecule has 1 aliphatic rings. The van der Waals surface area contributed by atoms with Gasteiger partial charge in [0.25, 0.3) is 0 Å². The van der Waals surface area contributed by atoms with E-state index in [1.807, 2.05) is 12.1 Å². The van der Waals surface area contributed by atoms with E-state index in [2.05, 4.69) is 0 Å². The third kappa shape index (κ3) is 5.40. The quantitative estimate of drug-likeness (QED) is 0.699. The van der Waals surface area contributed by atoms with Crippen molar-refractivity contribution < 1.29 is 23.2 Å². The van der Waals surface area contributed by atoms with Crippen LogP contribution in [-0.2, 0) is 27.4 Å². The Kier molecular flexibility index (Phi) is 6.79. The zero-order valence-electron chi connectivity index (χ0n) is 14.5. The Morgan fingerprint density at radius 2 is 1.62 bits per heavy atom. The number of hydrogen-bond acceptors (Lipinski definition) is 6. The van der Waals surface area contributed by atoms with Gasteiger partial charge in [-0.05, 0) is 24.3 Å². The Morgan fingerprint density at radius 1 is 1.00 bits per heavy atom. The third-order valence-corrected chi connectivity index (χ3v) is 4.92. The number of rotatable bonds is 8. The van der Waals surface area contributed by atoms with E-state index in [0.29, 0.717) is 56.7 Å². The van der Waals surface area contributed by atoms with E-state index in [9.17, 15) is 9.59 Å². The standard InChI is InChI=1S/C18H22N2O5S/c21-17(19-5-9-23-10-6-19)13-26-14-18(22)20(11-15-3-1-7-24-15)12-16-4-2-8-25-16/h1-4,7-8H,5-6,9-14H2. The van der Waals surface area contributed by atoms with Crippen LogP contribution < -0.4 is 0 Å². The van der Waals surface area contributed by atoms with Gasteiger partial charge in [-0.2, -0.15) is 0 Å². The molecule has 7 nitrogen and oxygen atoms in total. The predicted octanol–water partition coefficient (Wildman–Crippen LogP) is 1.99. The van der Waals surface area contributed by atoms with Crippen LogP contribution in [-0.4, -0.2) is 59.4 Å². The molecule has 2 aromatic rings. The van der Waals surface area contributed by atoms with Crippen molar-refractivity contribution in [1.82, 2.24) is 9.80 Å². The summed E-state index contributed by atoms with van der Waals surface area (Å²) in [6.07, 6.45) is 3.17. The molecule has 2 amide bonds. The highest BCUT2D eigenvalue weighted by Crippen LogP contribution is 2.14. The summed E-state index contributed by atoms with van der Waals surface area (Å²) in [4.78, 5) is 28.2. The fraction of sp³-hybridized carbons (Fsp3) is 0.444. The molecule has 3 heterocycles. The lowest BCUT2D eigenvalue weighted by Gasteiger charge is -2.26. The first-order valence-corrected chi connectivity index (χ1v) is 9.63. The minimum Gasteiger partial charge on any atom is -0.467 e. The number of carbonyl (C=O) groups excluding carboxylic acids is 2. The molecule has 3 rings (SSSR count). The summed E-state index contributed by atoms with van der Waals surface area (Å²) in [7, 11) is 0. The van der Waals surface area contributed by atoms with Crippen molar-refractivity contribution in [2.75, 3.05) is 37.8 Å². The fourth-order valence-electron chi connectivity index (χ4n) is 2.63. The van der Waals surface area contributed by atoms with Crippen molar-refractivity contribution in [1.29, 1.82) is 0 Å². The number of hydrogen-bond donors (Lipinski definition) is 0. The highest BCUT2D eigenvalue weighted by molar-refractivity contribution is 8.00. The van der Waals surface area contributed by atoms with E-state index in [1.54, 1.807) is 34.5 Å². The normalized spacial score (nSPS) is 14.4. The van der Waals surface area contributed by atoms with E-state index in [0.717, 1.165) is 0 Å². The molecule has 140 valence electrons. The van der Waals surface area contributed by atoms with Gasteiger partial charge in [-0.1, -0.05) is 0 Å². The fourth-order valence-corrected chi connectivity index (χ4v) is 3.45. The van der Waals surface area contributed by atoms with Gasteiger partial charge >= 0.3 is 0 Å².